The Hall–Kier alpha value is -1.06. The quantitative estimate of drug-likeness (QED) is 0.901. The first-order valence-electron chi connectivity index (χ1n) is 8.68. The van der Waals surface area contributed by atoms with Crippen LogP contribution in [-0.2, 0) is 10.2 Å². The van der Waals surface area contributed by atoms with E-state index in [1.807, 2.05) is 0 Å². The fourth-order valence-electron chi connectivity index (χ4n) is 4.62. The van der Waals surface area contributed by atoms with Gasteiger partial charge in [-0.2, -0.15) is 0 Å². The van der Waals surface area contributed by atoms with E-state index >= 15 is 0 Å². The maximum Gasteiger partial charge on any atom is 0.226 e. The van der Waals surface area contributed by atoms with E-state index in [1.165, 1.54) is 18.4 Å². The van der Waals surface area contributed by atoms with Gasteiger partial charge in [-0.1, -0.05) is 37.3 Å². The summed E-state index contributed by atoms with van der Waals surface area (Å²) in [5.74, 6) is 0.745. The van der Waals surface area contributed by atoms with Gasteiger partial charge in [0.2, 0.25) is 5.91 Å². The number of nitrogens with one attached hydrogen (secondary N) is 1. The van der Waals surface area contributed by atoms with E-state index in [0.717, 1.165) is 39.0 Å². The summed E-state index contributed by atoms with van der Waals surface area (Å²) in [5, 5.41) is 3.42. The van der Waals surface area contributed by atoms with Gasteiger partial charge in [-0.25, -0.2) is 0 Å². The summed E-state index contributed by atoms with van der Waals surface area (Å²) in [6.07, 6.45) is 4.59. The number of carbonyl (C=O) groups excluding carboxylic acids is 1. The molecule has 3 aliphatic rings. The zero-order valence-electron chi connectivity index (χ0n) is 13.9. The minimum Gasteiger partial charge on any atom is -0.342 e. The Balaban J connectivity index is 0.00000156. The van der Waals surface area contributed by atoms with Crippen LogP contribution in [-0.4, -0.2) is 37.0 Å². The van der Waals surface area contributed by atoms with Crippen molar-refractivity contribution in [3.8, 4) is 0 Å². The molecule has 2 saturated heterocycles. The van der Waals surface area contributed by atoms with E-state index < -0.39 is 0 Å². The minimum atomic E-state index is 0. The van der Waals surface area contributed by atoms with E-state index in [4.69, 9.17) is 0 Å². The molecule has 3 nitrogen and oxygen atoms in total. The van der Waals surface area contributed by atoms with Gasteiger partial charge in [-0.05, 0) is 49.8 Å². The Morgan fingerprint density at radius 3 is 2.57 bits per heavy atom. The second kappa shape index (κ2) is 6.10. The zero-order chi connectivity index (χ0) is 15.2. The molecule has 4 heteroatoms. The number of nitrogens with zero attached hydrogens (tertiary/aromatic N) is 1. The molecule has 1 spiro atoms. The Labute approximate surface area is 145 Å². The van der Waals surface area contributed by atoms with Crippen LogP contribution in [0.2, 0.25) is 0 Å². The number of hydrogen-bond donors (Lipinski definition) is 1. The summed E-state index contributed by atoms with van der Waals surface area (Å²) >= 11 is 0. The van der Waals surface area contributed by atoms with Gasteiger partial charge in [-0.3, -0.25) is 4.79 Å². The van der Waals surface area contributed by atoms with Gasteiger partial charge in [-0.15, -0.1) is 12.4 Å². The molecule has 1 aromatic rings. The highest BCUT2D eigenvalue weighted by Crippen LogP contribution is 2.59. The van der Waals surface area contributed by atoms with E-state index in [2.05, 4.69) is 47.5 Å². The summed E-state index contributed by atoms with van der Waals surface area (Å²) in [6.45, 7) is 6.30. The van der Waals surface area contributed by atoms with Crippen molar-refractivity contribution in [3.63, 3.8) is 0 Å². The van der Waals surface area contributed by atoms with Crippen LogP contribution in [0, 0.1) is 11.3 Å². The van der Waals surface area contributed by atoms with E-state index in [-0.39, 0.29) is 17.8 Å². The van der Waals surface area contributed by atoms with Crippen molar-refractivity contribution in [1.82, 2.24) is 10.2 Å². The zero-order valence-corrected chi connectivity index (χ0v) is 14.7. The Morgan fingerprint density at radius 1 is 1.17 bits per heavy atom. The number of likely N-dealkylation sites (tertiary alicyclic amines) is 1. The molecule has 4 rings (SSSR count). The van der Waals surface area contributed by atoms with Crippen molar-refractivity contribution in [2.75, 3.05) is 26.2 Å². The number of benzene rings is 1. The van der Waals surface area contributed by atoms with Crippen LogP contribution in [0.15, 0.2) is 30.3 Å². The average Bonchev–Trinajstić information content (AvgIpc) is 3.08. The molecular weight excluding hydrogens is 308 g/mol. The fraction of sp³-hybridized carbons (Fsp3) is 0.632. The summed E-state index contributed by atoms with van der Waals surface area (Å²) in [4.78, 5) is 15.1. The van der Waals surface area contributed by atoms with Gasteiger partial charge >= 0.3 is 0 Å². The fourth-order valence-corrected chi connectivity index (χ4v) is 4.62. The third kappa shape index (κ3) is 2.89. The third-order valence-corrected chi connectivity index (χ3v) is 6.34. The van der Waals surface area contributed by atoms with Gasteiger partial charge in [0, 0.05) is 24.4 Å². The summed E-state index contributed by atoms with van der Waals surface area (Å²) in [7, 11) is 0. The second-order valence-electron chi connectivity index (χ2n) is 7.81. The number of piperidine rings is 1. The maximum absolute atomic E-state index is 12.9. The highest BCUT2D eigenvalue weighted by atomic mass is 35.5. The van der Waals surface area contributed by atoms with Crippen LogP contribution < -0.4 is 5.32 Å². The molecule has 2 unspecified atom stereocenters. The summed E-state index contributed by atoms with van der Waals surface area (Å²) < 4.78 is 0. The van der Waals surface area contributed by atoms with Crippen LogP contribution in [0.3, 0.4) is 0 Å². The molecule has 1 aromatic carbocycles. The van der Waals surface area contributed by atoms with Crippen LogP contribution in [0.1, 0.15) is 38.2 Å². The molecule has 1 N–H and O–H groups in total. The van der Waals surface area contributed by atoms with E-state index in [0.29, 0.717) is 17.2 Å². The second-order valence-corrected chi connectivity index (χ2v) is 7.81. The molecule has 0 bridgehead atoms. The van der Waals surface area contributed by atoms with Gasteiger partial charge in [0.15, 0.2) is 0 Å². The average molecular weight is 335 g/mol. The van der Waals surface area contributed by atoms with Crippen molar-refractivity contribution >= 4 is 18.3 Å². The Kier molecular flexibility index (Phi) is 4.45. The molecule has 2 atom stereocenters. The van der Waals surface area contributed by atoms with Crippen LogP contribution >= 0.6 is 12.4 Å². The third-order valence-electron chi connectivity index (χ3n) is 6.34. The Bertz CT molecular complexity index is 570. The lowest BCUT2D eigenvalue weighted by atomic mass is 9.82. The largest absolute Gasteiger partial charge is 0.342 e. The first kappa shape index (κ1) is 16.8. The van der Waals surface area contributed by atoms with E-state index in [1.54, 1.807) is 0 Å². The number of halogens is 1. The van der Waals surface area contributed by atoms with Crippen molar-refractivity contribution in [2.45, 2.75) is 38.0 Å². The number of hydrogen-bond acceptors (Lipinski definition) is 2. The normalized spacial score (nSPS) is 31.7. The SMILES string of the molecule is CC1(c2ccccc2)CCN(C(=O)C2CC23CCNCC3)C1.Cl. The predicted molar refractivity (Wildman–Crippen MR) is 94.9 cm³/mol. The monoisotopic (exact) mass is 334 g/mol. The van der Waals surface area contributed by atoms with Crippen molar-refractivity contribution in [1.29, 1.82) is 0 Å². The van der Waals surface area contributed by atoms with Gasteiger partial charge < -0.3 is 10.2 Å². The first-order valence-corrected chi connectivity index (χ1v) is 8.68. The van der Waals surface area contributed by atoms with Crippen LogP contribution in [0.4, 0.5) is 0 Å². The lowest BCUT2D eigenvalue weighted by Crippen LogP contribution is -2.37. The van der Waals surface area contributed by atoms with Crippen molar-refractivity contribution in [2.24, 2.45) is 11.3 Å². The number of rotatable bonds is 2. The van der Waals surface area contributed by atoms with Crippen molar-refractivity contribution < 1.29 is 4.79 Å². The molecule has 1 aliphatic carbocycles. The molecule has 2 aliphatic heterocycles. The van der Waals surface area contributed by atoms with Gasteiger partial charge in [0.1, 0.15) is 0 Å². The highest BCUT2D eigenvalue weighted by molar-refractivity contribution is 5.85. The molecule has 1 saturated carbocycles. The molecule has 0 aromatic heterocycles. The predicted octanol–water partition coefficient (Wildman–Crippen LogP) is 2.99. The molecule has 126 valence electrons. The smallest absolute Gasteiger partial charge is 0.226 e. The summed E-state index contributed by atoms with van der Waals surface area (Å²) in [6, 6.07) is 10.7. The lowest BCUT2D eigenvalue weighted by molar-refractivity contribution is -0.132. The molecule has 0 radical (unpaired) electrons. The van der Waals surface area contributed by atoms with Crippen LogP contribution in [0.5, 0.6) is 0 Å². The standard InChI is InChI=1S/C19H26N2O.ClH/c1-18(15-5-3-2-4-6-15)9-12-21(14-18)17(22)16-13-19(16)7-10-20-11-8-19;/h2-6,16,20H,7-14H2,1H3;1H. The molecule has 1 amide bonds. The summed E-state index contributed by atoms with van der Waals surface area (Å²) in [5.41, 5.74) is 1.86. The van der Waals surface area contributed by atoms with Crippen LogP contribution in [0.25, 0.3) is 0 Å². The topological polar surface area (TPSA) is 32.3 Å². The minimum absolute atomic E-state index is 0. The molecule has 3 fully saturated rings. The van der Waals surface area contributed by atoms with Crippen molar-refractivity contribution in [3.05, 3.63) is 35.9 Å². The maximum atomic E-state index is 12.9. The van der Waals surface area contributed by atoms with Gasteiger partial charge in [0.05, 0.1) is 0 Å². The number of amides is 1. The molecular formula is C19H27ClN2O. The van der Waals surface area contributed by atoms with Gasteiger partial charge in [0.25, 0.3) is 0 Å². The lowest BCUT2D eigenvalue weighted by Gasteiger charge is -2.27. The first-order chi connectivity index (χ1) is 10.6. The molecule has 2 heterocycles. The molecule has 23 heavy (non-hydrogen) atoms. The Morgan fingerprint density at radius 2 is 1.87 bits per heavy atom. The van der Waals surface area contributed by atoms with E-state index in [9.17, 15) is 4.79 Å². The highest BCUT2D eigenvalue weighted by Gasteiger charge is 2.59. The number of carbonyl (C=O) groups is 1.